The molecule has 6 heteroatoms. The molecule has 0 bridgehead atoms. The molecule has 3 heterocycles. The summed E-state index contributed by atoms with van der Waals surface area (Å²) < 4.78 is 0. The van der Waals surface area contributed by atoms with Crippen molar-refractivity contribution in [3.8, 4) is 0 Å². The maximum atomic E-state index is 11.6. The van der Waals surface area contributed by atoms with Crippen molar-refractivity contribution in [3.63, 3.8) is 0 Å². The van der Waals surface area contributed by atoms with Crippen LogP contribution in [0.2, 0.25) is 0 Å². The Morgan fingerprint density at radius 3 is 2.47 bits per heavy atom. The van der Waals surface area contributed by atoms with Crippen LogP contribution in [-0.4, -0.2) is 76.6 Å². The van der Waals surface area contributed by atoms with E-state index in [1.165, 1.54) is 4.90 Å². The van der Waals surface area contributed by atoms with Crippen molar-refractivity contribution in [1.29, 1.82) is 0 Å². The Bertz CT molecular complexity index is 379. The molecule has 0 radical (unpaired) electrons. The molecule has 3 rings (SSSR count). The number of likely N-dealkylation sites (tertiary alicyclic amines) is 1. The first-order valence-electron chi connectivity index (χ1n) is 7.16. The highest BCUT2D eigenvalue weighted by molar-refractivity contribution is 5.78. The molecule has 0 aliphatic carbocycles. The fourth-order valence-electron chi connectivity index (χ4n) is 3.64. The van der Waals surface area contributed by atoms with E-state index in [9.17, 15) is 9.59 Å². The molecule has 1 atom stereocenters. The Hall–Kier alpha value is -1.30. The fraction of sp³-hybridized carbons (Fsp3) is 0.846. The minimum absolute atomic E-state index is 0.311. The lowest BCUT2D eigenvalue weighted by atomic mass is 10.0. The number of piperidine rings is 1. The van der Waals surface area contributed by atoms with E-state index in [2.05, 4.69) is 4.90 Å². The van der Waals surface area contributed by atoms with Gasteiger partial charge >= 0.3 is 6.09 Å². The zero-order chi connectivity index (χ0) is 13.4. The third kappa shape index (κ3) is 2.41. The number of hydrogen-bond acceptors (Lipinski definition) is 3. The minimum atomic E-state index is -0.801. The number of nitrogens with zero attached hydrogens (tertiary/aromatic N) is 3. The van der Waals surface area contributed by atoms with Gasteiger partial charge in [-0.3, -0.25) is 9.69 Å². The summed E-state index contributed by atoms with van der Waals surface area (Å²) in [5.74, 6) is 0.311. The molecule has 0 aromatic heterocycles. The van der Waals surface area contributed by atoms with Gasteiger partial charge in [-0.2, -0.15) is 0 Å². The second-order valence-electron chi connectivity index (χ2n) is 5.78. The summed E-state index contributed by atoms with van der Waals surface area (Å²) in [6, 6.07) is 0.896. The number of rotatable bonds is 1. The van der Waals surface area contributed by atoms with Gasteiger partial charge in [0.15, 0.2) is 0 Å². The van der Waals surface area contributed by atoms with Crippen LogP contribution in [-0.2, 0) is 4.79 Å². The monoisotopic (exact) mass is 267 g/mol. The lowest BCUT2D eigenvalue weighted by molar-refractivity contribution is -0.131. The molecule has 0 spiro atoms. The van der Waals surface area contributed by atoms with E-state index in [1.54, 1.807) is 0 Å². The molecule has 0 saturated carbocycles. The molecule has 0 unspecified atom stereocenters. The van der Waals surface area contributed by atoms with Crippen LogP contribution < -0.4 is 0 Å². The van der Waals surface area contributed by atoms with E-state index >= 15 is 0 Å². The van der Waals surface area contributed by atoms with Gasteiger partial charge in [-0.1, -0.05) is 0 Å². The van der Waals surface area contributed by atoms with Gasteiger partial charge in [0.1, 0.15) is 0 Å². The number of carboxylic acid groups (broad SMARTS) is 1. The predicted octanol–water partition coefficient (Wildman–Crippen LogP) is 0.435. The lowest BCUT2D eigenvalue weighted by Gasteiger charge is -2.44. The molecule has 3 aliphatic heterocycles. The zero-order valence-corrected chi connectivity index (χ0v) is 11.1. The molecule has 1 N–H and O–H groups in total. The fourth-order valence-corrected chi connectivity index (χ4v) is 3.64. The summed E-state index contributed by atoms with van der Waals surface area (Å²) in [5.41, 5.74) is 0. The standard InChI is InChI=1S/C13H21N3O3/c17-12-2-1-11-9-15(7-8-16(11)12)10-3-5-14(6-4-10)13(18)19/h10-11H,1-9H2,(H,18,19)/t11-/m0/s1. The van der Waals surface area contributed by atoms with Gasteiger partial charge in [0.2, 0.25) is 5.91 Å². The number of amides is 2. The first kappa shape index (κ1) is 12.7. The number of hydrogen-bond donors (Lipinski definition) is 1. The highest BCUT2D eigenvalue weighted by Crippen LogP contribution is 2.26. The van der Waals surface area contributed by atoms with Crippen LogP contribution in [0.1, 0.15) is 25.7 Å². The molecule has 0 aromatic rings. The molecule has 106 valence electrons. The third-order valence-electron chi connectivity index (χ3n) is 4.78. The summed E-state index contributed by atoms with van der Waals surface area (Å²) >= 11 is 0. The molecule has 3 saturated heterocycles. The van der Waals surface area contributed by atoms with Crippen molar-refractivity contribution in [2.24, 2.45) is 0 Å². The minimum Gasteiger partial charge on any atom is -0.465 e. The maximum absolute atomic E-state index is 11.6. The SMILES string of the molecule is O=C(O)N1CCC(N2CCN3C(=O)CC[C@H]3C2)CC1. The second kappa shape index (κ2) is 5.00. The van der Waals surface area contributed by atoms with Crippen molar-refractivity contribution >= 4 is 12.0 Å². The molecule has 3 fully saturated rings. The Kier molecular flexibility index (Phi) is 3.35. The topological polar surface area (TPSA) is 64.1 Å². The highest BCUT2D eigenvalue weighted by Gasteiger charge is 2.38. The number of fused-ring (bicyclic) bond motifs is 1. The molecule has 19 heavy (non-hydrogen) atoms. The first-order valence-corrected chi connectivity index (χ1v) is 7.16. The van der Waals surface area contributed by atoms with E-state index in [1.807, 2.05) is 4.90 Å². The van der Waals surface area contributed by atoms with Gasteiger partial charge < -0.3 is 14.9 Å². The molecule has 6 nitrogen and oxygen atoms in total. The Balaban J connectivity index is 1.54. The van der Waals surface area contributed by atoms with Crippen LogP contribution in [0.4, 0.5) is 4.79 Å². The summed E-state index contributed by atoms with van der Waals surface area (Å²) in [6.45, 7) is 4.06. The van der Waals surface area contributed by atoms with Gasteiger partial charge in [-0.15, -0.1) is 0 Å². The highest BCUT2D eigenvalue weighted by atomic mass is 16.4. The zero-order valence-electron chi connectivity index (χ0n) is 11.1. The van der Waals surface area contributed by atoms with Gasteiger partial charge in [0.25, 0.3) is 0 Å². The van der Waals surface area contributed by atoms with E-state index in [0.717, 1.165) is 38.9 Å². The van der Waals surface area contributed by atoms with E-state index in [4.69, 9.17) is 5.11 Å². The summed E-state index contributed by atoms with van der Waals surface area (Å²) in [4.78, 5) is 28.5. The van der Waals surface area contributed by atoms with Crippen LogP contribution in [0, 0.1) is 0 Å². The van der Waals surface area contributed by atoms with Crippen molar-refractivity contribution in [3.05, 3.63) is 0 Å². The largest absolute Gasteiger partial charge is 0.465 e. The van der Waals surface area contributed by atoms with Gasteiger partial charge in [0, 0.05) is 51.2 Å². The van der Waals surface area contributed by atoms with Crippen molar-refractivity contribution < 1.29 is 14.7 Å². The molecule has 2 amide bonds. The molecule has 0 aromatic carbocycles. The Morgan fingerprint density at radius 2 is 1.79 bits per heavy atom. The van der Waals surface area contributed by atoms with Gasteiger partial charge in [-0.25, -0.2) is 4.79 Å². The number of piperazine rings is 1. The van der Waals surface area contributed by atoms with Crippen LogP contribution in [0.15, 0.2) is 0 Å². The van der Waals surface area contributed by atoms with Gasteiger partial charge in [-0.05, 0) is 19.3 Å². The van der Waals surface area contributed by atoms with Crippen LogP contribution in [0.3, 0.4) is 0 Å². The van der Waals surface area contributed by atoms with Crippen LogP contribution >= 0.6 is 0 Å². The van der Waals surface area contributed by atoms with E-state index in [0.29, 0.717) is 37.5 Å². The Labute approximate surface area is 112 Å². The summed E-state index contributed by atoms with van der Waals surface area (Å²) in [6.07, 6.45) is 2.74. The number of carbonyl (C=O) groups is 2. The van der Waals surface area contributed by atoms with Crippen molar-refractivity contribution in [2.75, 3.05) is 32.7 Å². The van der Waals surface area contributed by atoms with Gasteiger partial charge in [0.05, 0.1) is 0 Å². The second-order valence-corrected chi connectivity index (χ2v) is 5.78. The quantitative estimate of drug-likeness (QED) is 0.748. The maximum Gasteiger partial charge on any atom is 0.407 e. The number of carbonyl (C=O) groups excluding carboxylic acids is 1. The van der Waals surface area contributed by atoms with Crippen molar-refractivity contribution in [1.82, 2.24) is 14.7 Å². The molecular formula is C13H21N3O3. The normalized spacial score (nSPS) is 29.7. The van der Waals surface area contributed by atoms with Crippen LogP contribution in [0.5, 0.6) is 0 Å². The summed E-state index contributed by atoms with van der Waals surface area (Å²) in [7, 11) is 0. The van der Waals surface area contributed by atoms with E-state index in [-0.39, 0.29) is 0 Å². The summed E-state index contributed by atoms with van der Waals surface area (Å²) in [5, 5.41) is 8.96. The molecular weight excluding hydrogens is 246 g/mol. The predicted molar refractivity (Wildman–Crippen MR) is 68.9 cm³/mol. The first-order chi connectivity index (χ1) is 9.15. The lowest BCUT2D eigenvalue weighted by Crippen LogP contribution is -2.56. The molecule has 3 aliphatic rings. The van der Waals surface area contributed by atoms with E-state index < -0.39 is 6.09 Å². The smallest absolute Gasteiger partial charge is 0.407 e. The van der Waals surface area contributed by atoms with Crippen molar-refractivity contribution in [2.45, 2.75) is 37.8 Å². The Morgan fingerprint density at radius 1 is 1.05 bits per heavy atom. The average Bonchev–Trinajstić information content (AvgIpc) is 2.80. The average molecular weight is 267 g/mol. The van der Waals surface area contributed by atoms with Crippen LogP contribution in [0.25, 0.3) is 0 Å². The third-order valence-corrected chi connectivity index (χ3v) is 4.78.